The van der Waals surface area contributed by atoms with Gasteiger partial charge in [0.25, 0.3) is 0 Å². The van der Waals surface area contributed by atoms with Gasteiger partial charge < -0.3 is 9.47 Å². The van der Waals surface area contributed by atoms with E-state index < -0.39 is 5.41 Å². The fourth-order valence-electron chi connectivity index (χ4n) is 3.24. The molecule has 1 saturated carbocycles. The molecule has 0 spiro atoms. The number of fused-ring (bicyclic) bond motifs is 3. The Bertz CT molecular complexity index is 500. The number of benzene rings is 1. The Balaban J connectivity index is 2.16. The molecule has 2 atom stereocenters. The van der Waals surface area contributed by atoms with Gasteiger partial charge in [0.15, 0.2) is 0 Å². The number of methoxy groups -OCH3 is 1. The van der Waals surface area contributed by atoms with Crippen molar-refractivity contribution in [3.8, 4) is 5.75 Å². The highest BCUT2D eigenvalue weighted by Gasteiger charge is 2.56. The molecule has 96 valence electrons. The molecule has 1 fully saturated rings. The van der Waals surface area contributed by atoms with Gasteiger partial charge in [-0.05, 0) is 37.5 Å². The van der Waals surface area contributed by atoms with Crippen molar-refractivity contribution in [3.63, 3.8) is 0 Å². The number of rotatable bonds is 1. The Morgan fingerprint density at radius 3 is 3.11 bits per heavy atom. The van der Waals surface area contributed by atoms with Crippen LogP contribution >= 0.6 is 11.6 Å². The third-order valence-corrected chi connectivity index (χ3v) is 4.31. The molecule has 0 aromatic heterocycles. The number of hydrogen-bond donors (Lipinski definition) is 0. The molecular formula is C14H15ClO3. The minimum Gasteiger partial charge on any atom is -0.489 e. The summed E-state index contributed by atoms with van der Waals surface area (Å²) in [5.74, 6) is 0.574. The second kappa shape index (κ2) is 4.16. The minimum absolute atomic E-state index is 0.104. The van der Waals surface area contributed by atoms with Crippen molar-refractivity contribution >= 4 is 17.6 Å². The maximum atomic E-state index is 12.3. The zero-order chi connectivity index (χ0) is 12.8. The van der Waals surface area contributed by atoms with Gasteiger partial charge in [-0.15, -0.1) is 0 Å². The lowest BCUT2D eigenvalue weighted by atomic mass is 9.68. The van der Waals surface area contributed by atoms with Gasteiger partial charge in [0.1, 0.15) is 17.3 Å². The zero-order valence-electron chi connectivity index (χ0n) is 10.2. The third kappa shape index (κ3) is 1.46. The monoisotopic (exact) mass is 266 g/mol. The van der Waals surface area contributed by atoms with Gasteiger partial charge in [-0.2, -0.15) is 0 Å². The highest BCUT2D eigenvalue weighted by atomic mass is 35.5. The van der Waals surface area contributed by atoms with Crippen molar-refractivity contribution in [1.29, 1.82) is 0 Å². The summed E-state index contributed by atoms with van der Waals surface area (Å²) in [6.07, 6.45) is 3.66. The Morgan fingerprint density at radius 2 is 2.33 bits per heavy atom. The van der Waals surface area contributed by atoms with Crippen LogP contribution in [0.15, 0.2) is 18.2 Å². The molecule has 3 rings (SSSR count). The molecule has 2 aliphatic rings. The van der Waals surface area contributed by atoms with E-state index in [4.69, 9.17) is 21.1 Å². The van der Waals surface area contributed by atoms with E-state index in [1.165, 1.54) is 7.11 Å². The number of ether oxygens (including phenoxy) is 2. The number of hydrogen-bond acceptors (Lipinski definition) is 3. The average Bonchev–Trinajstić information content (AvgIpc) is 2.73. The molecule has 0 radical (unpaired) electrons. The van der Waals surface area contributed by atoms with Crippen molar-refractivity contribution in [3.05, 3.63) is 28.8 Å². The second-order valence-electron chi connectivity index (χ2n) is 4.96. The maximum Gasteiger partial charge on any atom is 0.320 e. The summed E-state index contributed by atoms with van der Waals surface area (Å²) in [5, 5.41) is 0.631. The fourth-order valence-corrected chi connectivity index (χ4v) is 3.41. The summed E-state index contributed by atoms with van der Waals surface area (Å²) < 4.78 is 11.0. The summed E-state index contributed by atoms with van der Waals surface area (Å²) in [6.45, 7) is 0. The molecule has 0 bridgehead atoms. The van der Waals surface area contributed by atoms with Crippen LogP contribution < -0.4 is 4.74 Å². The summed E-state index contributed by atoms with van der Waals surface area (Å²) in [6, 6.07) is 5.49. The Labute approximate surface area is 111 Å². The maximum absolute atomic E-state index is 12.3. The molecular weight excluding hydrogens is 252 g/mol. The van der Waals surface area contributed by atoms with Crippen LogP contribution in [0.5, 0.6) is 5.75 Å². The summed E-state index contributed by atoms with van der Waals surface area (Å²) >= 11 is 6.06. The van der Waals surface area contributed by atoms with E-state index >= 15 is 0 Å². The van der Waals surface area contributed by atoms with Crippen molar-refractivity contribution < 1.29 is 14.3 Å². The van der Waals surface area contributed by atoms with Gasteiger partial charge in [0.2, 0.25) is 0 Å². The first kappa shape index (κ1) is 11.8. The molecule has 0 saturated heterocycles. The van der Waals surface area contributed by atoms with Crippen LogP contribution in [-0.2, 0) is 14.9 Å². The molecule has 1 aliphatic heterocycles. The highest BCUT2D eigenvalue weighted by molar-refractivity contribution is 6.30. The molecule has 3 nitrogen and oxygen atoms in total. The number of carbonyl (C=O) groups is 1. The molecule has 1 heterocycles. The second-order valence-corrected chi connectivity index (χ2v) is 5.39. The first-order valence-electron chi connectivity index (χ1n) is 6.23. The summed E-state index contributed by atoms with van der Waals surface area (Å²) in [4.78, 5) is 12.3. The van der Waals surface area contributed by atoms with Gasteiger partial charge in [-0.25, -0.2) is 0 Å². The van der Waals surface area contributed by atoms with Crippen LogP contribution in [0.1, 0.15) is 31.2 Å². The van der Waals surface area contributed by atoms with Crippen LogP contribution in [0.25, 0.3) is 0 Å². The number of esters is 1. The van der Waals surface area contributed by atoms with Crippen LogP contribution in [0.3, 0.4) is 0 Å². The van der Waals surface area contributed by atoms with Gasteiger partial charge in [0.05, 0.1) is 7.11 Å². The Hall–Kier alpha value is -1.22. The van der Waals surface area contributed by atoms with Crippen LogP contribution in [0.4, 0.5) is 0 Å². The number of carbonyl (C=O) groups excluding carboxylic acids is 1. The first-order valence-corrected chi connectivity index (χ1v) is 6.61. The third-order valence-electron chi connectivity index (χ3n) is 4.08. The van der Waals surface area contributed by atoms with Crippen LogP contribution in [0.2, 0.25) is 5.02 Å². The van der Waals surface area contributed by atoms with Gasteiger partial charge >= 0.3 is 5.97 Å². The topological polar surface area (TPSA) is 35.5 Å². The largest absolute Gasteiger partial charge is 0.489 e. The quantitative estimate of drug-likeness (QED) is 0.733. The molecule has 18 heavy (non-hydrogen) atoms. The fraction of sp³-hybridized carbons (Fsp3) is 0.500. The molecule has 0 N–H and O–H groups in total. The predicted octanol–water partition coefficient (Wildman–Crippen LogP) is 3.09. The van der Waals surface area contributed by atoms with Gasteiger partial charge in [0, 0.05) is 10.6 Å². The molecule has 2 unspecified atom stereocenters. The molecule has 1 aliphatic carbocycles. The van der Waals surface area contributed by atoms with E-state index in [0.717, 1.165) is 37.0 Å². The standard InChI is InChI=1S/C14H15ClO3/c1-17-13(16)14-7-3-2-4-12(14)18-11-6-5-9(15)8-10(11)14/h5-6,8,12H,2-4,7H2,1H3. The van der Waals surface area contributed by atoms with E-state index in [0.29, 0.717) is 5.02 Å². The van der Waals surface area contributed by atoms with Crippen LogP contribution in [0, 0.1) is 0 Å². The van der Waals surface area contributed by atoms with E-state index in [1.807, 2.05) is 12.1 Å². The van der Waals surface area contributed by atoms with E-state index in [1.54, 1.807) is 6.07 Å². The molecule has 0 amide bonds. The van der Waals surface area contributed by atoms with Crippen molar-refractivity contribution in [1.82, 2.24) is 0 Å². The highest BCUT2D eigenvalue weighted by Crippen LogP contribution is 2.51. The lowest BCUT2D eigenvalue weighted by Gasteiger charge is -2.35. The van der Waals surface area contributed by atoms with Crippen molar-refractivity contribution in [2.24, 2.45) is 0 Å². The van der Waals surface area contributed by atoms with E-state index in [9.17, 15) is 4.79 Å². The van der Waals surface area contributed by atoms with E-state index in [2.05, 4.69) is 0 Å². The summed E-state index contributed by atoms with van der Waals surface area (Å²) in [7, 11) is 1.44. The lowest BCUT2D eigenvalue weighted by molar-refractivity contribution is -0.152. The van der Waals surface area contributed by atoms with Gasteiger partial charge in [-0.3, -0.25) is 4.79 Å². The molecule has 1 aromatic rings. The zero-order valence-corrected chi connectivity index (χ0v) is 11.0. The minimum atomic E-state index is -0.646. The van der Waals surface area contributed by atoms with Crippen molar-refractivity contribution in [2.45, 2.75) is 37.2 Å². The lowest BCUT2D eigenvalue weighted by Crippen LogP contribution is -2.48. The molecule has 4 heteroatoms. The average molecular weight is 267 g/mol. The summed E-state index contributed by atoms with van der Waals surface area (Å²) in [5.41, 5.74) is 0.249. The van der Waals surface area contributed by atoms with Crippen LogP contribution in [-0.4, -0.2) is 19.2 Å². The van der Waals surface area contributed by atoms with Crippen molar-refractivity contribution in [2.75, 3.05) is 7.11 Å². The predicted molar refractivity (Wildman–Crippen MR) is 68.0 cm³/mol. The molecule has 1 aromatic carbocycles. The Morgan fingerprint density at radius 1 is 1.50 bits per heavy atom. The Kier molecular flexibility index (Phi) is 2.74. The number of halogens is 1. The normalized spacial score (nSPS) is 29.1. The SMILES string of the molecule is COC(=O)C12CCCCC1Oc1ccc(Cl)cc12. The van der Waals surface area contributed by atoms with Gasteiger partial charge in [-0.1, -0.05) is 18.0 Å². The smallest absolute Gasteiger partial charge is 0.320 e. The first-order chi connectivity index (χ1) is 8.68. The van der Waals surface area contributed by atoms with E-state index in [-0.39, 0.29) is 12.1 Å².